The molecule has 0 aliphatic carbocycles. The number of nitrogens with zero attached hydrogens (tertiary/aromatic N) is 2. The molecule has 7 heteroatoms. The maximum absolute atomic E-state index is 13.2. The van der Waals surface area contributed by atoms with Gasteiger partial charge in [-0.2, -0.15) is 13.2 Å². The number of alkyl halides is 3. The summed E-state index contributed by atoms with van der Waals surface area (Å²) in [5.41, 5.74) is 0.284. The van der Waals surface area contributed by atoms with Gasteiger partial charge in [0, 0.05) is 5.56 Å². The SMILES string of the molecule is Cc1cccc(/C=C/c2nc3ccccc3c(=O)n2-c2cccc(C(F)(F)F)c2)c1O. The second-order valence-electron chi connectivity index (χ2n) is 7.02. The zero-order valence-corrected chi connectivity index (χ0v) is 16.4. The normalized spacial score (nSPS) is 12.0. The quantitative estimate of drug-likeness (QED) is 0.468. The molecule has 1 aromatic heterocycles. The Morgan fingerprint density at radius 1 is 0.968 bits per heavy atom. The van der Waals surface area contributed by atoms with Crippen molar-refractivity contribution in [1.82, 2.24) is 9.55 Å². The summed E-state index contributed by atoms with van der Waals surface area (Å²) in [7, 11) is 0. The summed E-state index contributed by atoms with van der Waals surface area (Å²) in [6, 6.07) is 16.4. The molecule has 0 saturated heterocycles. The highest BCUT2D eigenvalue weighted by atomic mass is 19.4. The van der Waals surface area contributed by atoms with Crippen molar-refractivity contribution in [2.75, 3.05) is 0 Å². The Morgan fingerprint density at radius 3 is 2.48 bits per heavy atom. The van der Waals surface area contributed by atoms with Crippen molar-refractivity contribution in [2.24, 2.45) is 0 Å². The van der Waals surface area contributed by atoms with Gasteiger partial charge in [-0.25, -0.2) is 4.98 Å². The predicted molar refractivity (Wildman–Crippen MR) is 114 cm³/mol. The molecule has 4 aromatic rings. The lowest BCUT2D eigenvalue weighted by atomic mass is 10.1. The number of aryl methyl sites for hydroxylation is 1. The molecule has 0 amide bonds. The predicted octanol–water partition coefficient (Wildman–Crippen LogP) is 5.59. The fourth-order valence-corrected chi connectivity index (χ4v) is 3.31. The first-order chi connectivity index (χ1) is 14.8. The number of halogens is 3. The van der Waals surface area contributed by atoms with Crippen LogP contribution >= 0.6 is 0 Å². The van der Waals surface area contributed by atoms with E-state index in [2.05, 4.69) is 4.98 Å². The van der Waals surface area contributed by atoms with Gasteiger partial charge < -0.3 is 5.11 Å². The van der Waals surface area contributed by atoms with E-state index < -0.39 is 17.3 Å². The molecular weight excluding hydrogens is 405 g/mol. The molecule has 0 aliphatic heterocycles. The van der Waals surface area contributed by atoms with E-state index in [9.17, 15) is 23.1 Å². The molecule has 1 N–H and O–H groups in total. The number of benzene rings is 3. The molecule has 4 rings (SSSR count). The summed E-state index contributed by atoms with van der Waals surface area (Å²) in [5.74, 6) is 0.219. The Kier molecular flexibility index (Phi) is 5.10. The summed E-state index contributed by atoms with van der Waals surface area (Å²) in [6.07, 6.45) is -1.47. The zero-order chi connectivity index (χ0) is 22.2. The largest absolute Gasteiger partial charge is 0.507 e. The van der Waals surface area contributed by atoms with Crippen LogP contribution in [0.5, 0.6) is 5.75 Å². The van der Waals surface area contributed by atoms with E-state index in [4.69, 9.17) is 0 Å². The monoisotopic (exact) mass is 422 g/mol. The van der Waals surface area contributed by atoms with Crippen molar-refractivity contribution < 1.29 is 18.3 Å². The number of hydrogen-bond donors (Lipinski definition) is 1. The van der Waals surface area contributed by atoms with Gasteiger partial charge in [0.15, 0.2) is 0 Å². The van der Waals surface area contributed by atoms with Crippen molar-refractivity contribution in [3.05, 3.63) is 99.6 Å². The minimum Gasteiger partial charge on any atom is -0.507 e. The average Bonchev–Trinajstić information content (AvgIpc) is 2.74. The lowest BCUT2D eigenvalue weighted by Gasteiger charge is -2.14. The van der Waals surface area contributed by atoms with Crippen molar-refractivity contribution in [2.45, 2.75) is 13.1 Å². The maximum Gasteiger partial charge on any atom is 0.416 e. The van der Waals surface area contributed by atoms with E-state index >= 15 is 0 Å². The number of hydrogen-bond acceptors (Lipinski definition) is 3. The Balaban J connectivity index is 1.96. The Labute approximate surface area is 175 Å². The van der Waals surface area contributed by atoms with E-state index in [0.29, 0.717) is 16.6 Å². The van der Waals surface area contributed by atoms with Crippen LogP contribution < -0.4 is 5.56 Å². The smallest absolute Gasteiger partial charge is 0.416 e. The zero-order valence-electron chi connectivity index (χ0n) is 16.4. The van der Waals surface area contributed by atoms with Gasteiger partial charge >= 0.3 is 6.18 Å². The van der Waals surface area contributed by atoms with Crippen LogP contribution in [0, 0.1) is 6.92 Å². The summed E-state index contributed by atoms with van der Waals surface area (Å²) in [4.78, 5) is 17.7. The van der Waals surface area contributed by atoms with Gasteiger partial charge in [-0.3, -0.25) is 9.36 Å². The molecule has 0 fully saturated rings. The third kappa shape index (κ3) is 3.94. The van der Waals surface area contributed by atoms with Gasteiger partial charge in [0.25, 0.3) is 5.56 Å². The Bertz CT molecular complexity index is 1370. The lowest BCUT2D eigenvalue weighted by molar-refractivity contribution is -0.137. The highest BCUT2D eigenvalue weighted by molar-refractivity contribution is 5.80. The number of aromatic nitrogens is 2. The second kappa shape index (κ2) is 7.75. The number of aromatic hydroxyl groups is 1. The van der Waals surface area contributed by atoms with Gasteiger partial charge in [-0.05, 0) is 55.0 Å². The van der Waals surface area contributed by atoms with Crippen molar-refractivity contribution >= 4 is 23.1 Å². The topological polar surface area (TPSA) is 55.1 Å². The number of para-hydroxylation sites is 2. The third-order valence-corrected chi connectivity index (χ3v) is 4.91. The molecule has 31 heavy (non-hydrogen) atoms. The van der Waals surface area contributed by atoms with Crippen LogP contribution in [-0.4, -0.2) is 14.7 Å². The van der Waals surface area contributed by atoms with Gasteiger partial charge in [-0.1, -0.05) is 36.4 Å². The van der Waals surface area contributed by atoms with Crippen molar-refractivity contribution in [3.8, 4) is 11.4 Å². The van der Waals surface area contributed by atoms with Crippen LogP contribution in [0.1, 0.15) is 22.5 Å². The first kappa shape index (κ1) is 20.4. The van der Waals surface area contributed by atoms with Gasteiger partial charge in [0.2, 0.25) is 0 Å². The fourth-order valence-electron chi connectivity index (χ4n) is 3.31. The fraction of sp³-hybridized carbons (Fsp3) is 0.0833. The third-order valence-electron chi connectivity index (χ3n) is 4.91. The molecule has 0 spiro atoms. The molecule has 1 heterocycles. The molecule has 0 aliphatic rings. The number of fused-ring (bicyclic) bond motifs is 1. The summed E-state index contributed by atoms with van der Waals surface area (Å²) in [6.45, 7) is 1.75. The van der Waals surface area contributed by atoms with Crippen LogP contribution in [0.3, 0.4) is 0 Å². The Morgan fingerprint density at radius 2 is 1.71 bits per heavy atom. The standard InChI is InChI=1S/C24H17F3N2O2/c1-15-6-4-7-16(22(15)30)12-13-21-28-20-11-3-2-10-19(20)23(31)29(21)18-9-5-8-17(14-18)24(25,26)27/h2-14,30H,1H3/b13-12+. The van der Waals surface area contributed by atoms with E-state index in [-0.39, 0.29) is 22.6 Å². The molecule has 156 valence electrons. The van der Waals surface area contributed by atoms with Crippen LogP contribution in [0.4, 0.5) is 13.2 Å². The van der Waals surface area contributed by atoms with Gasteiger partial charge in [0.05, 0.1) is 22.2 Å². The molecular formula is C24H17F3N2O2. The molecule has 0 unspecified atom stereocenters. The van der Waals surface area contributed by atoms with E-state index in [0.717, 1.165) is 16.7 Å². The minimum absolute atomic E-state index is 0.0474. The number of phenolic OH excluding ortho intramolecular Hbond substituents is 1. The highest BCUT2D eigenvalue weighted by Crippen LogP contribution is 2.30. The van der Waals surface area contributed by atoms with Crippen molar-refractivity contribution in [1.29, 1.82) is 0 Å². The van der Waals surface area contributed by atoms with Crippen LogP contribution in [0.25, 0.3) is 28.7 Å². The van der Waals surface area contributed by atoms with E-state index in [1.54, 1.807) is 55.5 Å². The van der Waals surface area contributed by atoms with Gasteiger partial charge in [-0.15, -0.1) is 0 Å². The van der Waals surface area contributed by atoms with Crippen LogP contribution in [0.15, 0.2) is 71.5 Å². The molecule has 0 saturated carbocycles. The summed E-state index contributed by atoms with van der Waals surface area (Å²) in [5, 5.41) is 10.5. The van der Waals surface area contributed by atoms with Crippen molar-refractivity contribution in [3.63, 3.8) is 0 Å². The summed E-state index contributed by atoms with van der Waals surface area (Å²) >= 11 is 0. The van der Waals surface area contributed by atoms with Gasteiger partial charge in [0.1, 0.15) is 11.6 Å². The molecule has 0 bridgehead atoms. The average molecular weight is 422 g/mol. The first-order valence-corrected chi connectivity index (χ1v) is 9.42. The molecule has 4 nitrogen and oxygen atoms in total. The minimum atomic E-state index is -4.55. The molecule has 3 aromatic carbocycles. The number of rotatable bonds is 3. The van der Waals surface area contributed by atoms with Crippen LogP contribution in [0.2, 0.25) is 0 Å². The van der Waals surface area contributed by atoms with E-state index in [1.807, 2.05) is 0 Å². The van der Waals surface area contributed by atoms with E-state index in [1.165, 1.54) is 18.2 Å². The number of phenols is 1. The first-order valence-electron chi connectivity index (χ1n) is 9.42. The Hall–Kier alpha value is -3.87. The molecule has 0 radical (unpaired) electrons. The highest BCUT2D eigenvalue weighted by Gasteiger charge is 2.30. The lowest BCUT2D eigenvalue weighted by Crippen LogP contribution is -2.22. The molecule has 0 atom stereocenters. The summed E-state index contributed by atoms with van der Waals surface area (Å²) < 4.78 is 40.9. The maximum atomic E-state index is 13.2. The second-order valence-corrected chi connectivity index (χ2v) is 7.02. The van der Waals surface area contributed by atoms with Crippen LogP contribution in [-0.2, 0) is 6.18 Å².